The van der Waals surface area contributed by atoms with E-state index in [9.17, 15) is 4.79 Å². The van der Waals surface area contributed by atoms with Gasteiger partial charge in [0.1, 0.15) is 17.2 Å². The Balaban J connectivity index is 1.73. The molecule has 1 amide bonds. The van der Waals surface area contributed by atoms with Crippen LogP contribution in [0.15, 0.2) is 48.5 Å². The van der Waals surface area contributed by atoms with Crippen LogP contribution in [0.25, 0.3) is 0 Å². The number of benzene rings is 2. The first-order valence-corrected chi connectivity index (χ1v) is 8.51. The van der Waals surface area contributed by atoms with E-state index < -0.39 is 0 Å². The number of anilines is 1. The highest BCUT2D eigenvalue weighted by Crippen LogP contribution is 2.24. The minimum absolute atomic E-state index is 0.0501. The summed E-state index contributed by atoms with van der Waals surface area (Å²) in [6.07, 6.45) is 1.94. The van der Waals surface area contributed by atoms with Crippen molar-refractivity contribution < 1.29 is 19.0 Å². The maximum atomic E-state index is 12.1. The molecule has 0 aliphatic rings. The second-order valence-electron chi connectivity index (χ2n) is 5.52. The van der Waals surface area contributed by atoms with E-state index in [2.05, 4.69) is 5.32 Å². The predicted octanol–water partition coefficient (Wildman–Crippen LogP) is 4.28. The van der Waals surface area contributed by atoms with Crippen molar-refractivity contribution in [1.82, 2.24) is 0 Å². The van der Waals surface area contributed by atoms with Gasteiger partial charge in [0.15, 0.2) is 0 Å². The molecule has 5 nitrogen and oxygen atoms in total. The Bertz CT molecular complexity index is 655. The molecule has 2 aromatic rings. The Morgan fingerprint density at radius 1 is 0.960 bits per heavy atom. The van der Waals surface area contributed by atoms with Crippen molar-refractivity contribution in [3.8, 4) is 17.2 Å². The minimum atomic E-state index is -0.0501. The van der Waals surface area contributed by atoms with Gasteiger partial charge in [0, 0.05) is 6.42 Å². The van der Waals surface area contributed by atoms with Crippen LogP contribution in [0.4, 0.5) is 5.69 Å². The number of rotatable bonds is 10. The number of carbonyl (C=O) groups is 1. The highest BCUT2D eigenvalue weighted by molar-refractivity contribution is 5.92. The lowest BCUT2D eigenvalue weighted by Crippen LogP contribution is -2.13. The van der Waals surface area contributed by atoms with Crippen molar-refractivity contribution in [3.63, 3.8) is 0 Å². The molecule has 2 rings (SSSR count). The van der Waals surface area contributed by atoms with Gasteiger partial charge in [-0.25, -0.2) is 0 Å². The number of hydrogen-bond donors (Lipinski definition) is 1. The molecule has 0 aromatic heterocycles. The quantitative estimate of drug-likeness (QED) is 0.654. The molecule has 25 heavy (non-hydrogen) atoms. The second kappa shape index (κ2) is 10.2. The number of nitrogens with one attached hydrogen (secondary N) is 1. The summed E-state index contributed by atoms with van der Waals surface area (Å²) in [5.41, 5.74) is 0.706. The van der Waals surface area contributed by atoms with Gasteiger partial charge >= 0.3 is 0 Å². The van der Waals surface area contributed by atoms with E-state index in [1.807, 2.05) is 55.5 Å². The van der Waals surface area contributed by atoms with E-state index in [4.69, 9.17) is 14.2 Å². The first kappa shape index (κ1) is 18.6. The molecule has 0 fully saturated rings. The van der Waals surface area contributed by atoms with Crippen LogP contribution in [0.5, 0.6) is 17.2 Å². The van der Waals surface area contributed by atoms with Gasteiger partial charge in [-0.2, -0.15) is 0 Å². The van der Waals surface area contributed by atoms with Crippen LogP contribution in [0, 0.1) is 0 Å². The third-order valence-electron chi connectivity index (χ3n) is 3.50. The second-order valence-corrected chi connectivity index (χ2v) is 5.52. The Hall–Kier alpha value is -2.69. The molecule has 2 aromatic carbocycles. The van der Waals surface area contributed by atoms with Crippen molar-refractivity contribution in [3.05, 3.63) is 48.5 Å². The lowest BCUT2D eigenvalue weighted by Gasteiger charge is -2.12. The standard InChI is InChI=1S/C20H25NO4/c1-3-14-25-19-8-5-4-7-18(19)21-20(22)9-6-15-24-17-12-10-16(23-2)11-13-17/h4-5,7-8,10-13H,3,6,9,14-15H2,1-2H3,(H,21,22). The topological polar surface area (TPSA) is 56.8 Å². The average Bonchev–Trinajstić information content (AvgIpc) is 2.65. The first-order chi connectivity index (χ1) is 12.2. The zero-order valence-corrected chi connectivity index (χ0v) is 14.8. The van der Waals surface area contributed by atoms with Crippen LogP contribution in [-0.2, 0) is 4.79 Å². The molecular formula is C20H25NO4. The summed E-state index contributed by atoms with van der Waals surface area (Å²) in [5, 5.41) is 2.90. The van der Waals surface area contributed by atoms with E-state index >= 15 is 0 Å². The molecule has 0 saturated carbocycles. The van der Waals surface area contributed by atoms with Crippen molar-refractivity contribution >= 4 is 11.6 Å². The van der Waals surface area contributed by atoms with Crippen molar-refractivity contribution in [2.24, 2.45) is 0 Å². The summed E-state index contributed by atoms with van der Waals surface area (Å²) in [6, 6.07) is 14.9. The third kappa shape index (κ3) is 6.37. The van der Waals surface area contributed by atoms with Crippen LogP contribution in [0.1, 0.15) is 26.2 Å². The van der Waals surface area contributed by atoms with E-state index in [0.29, 0.717) is 37.5 Å². The van der Waals surface area contributed by atoms with E-state index in [1.54, 1.807) is 7.11 Å². The summed E-state index contributed by atoms with van der Waals surface area (Å²) in [6.45, 7) is 3.15. The summed E-state index contributed by atoms with van der Waals surface area (Å²) >= 11 is 0. The molecule has 0 heterocycles. The van der Waals surface area contributed by atoms with Crippen molar-refractivity contribution in [2.45, 2.75) is 26.2 Å². The number of methoxy groups -OCH3 is 1. The van der Waals surface area contributed by atoms with Crippen LogP contribution in [0.3, 0.4) is 0 Å². The highest BCUT2D eigenvalue weighted by Gasteiger charge is 2.07. The van der Waals surface area contributed by atoms with Crippen LogP contribution >= 0.6 is 0 Å². The number of carbonyl (C=O) groups excluding carboxylic acids is 1. The molecule has 1 N–H and O–H groups in total. The molecule has 0 spiro atoms. The molecule has 0 aliphatic carbocycles. The van der Waals surface area contributed by atoms with E-state index in [0.717, 1.165) is 17.9 Å². The lowest BCUT2D eigenvalue weighted by molar-refractivity contribution is -0.116. The summed E-state index contributed by atoms with van der Waals surface area (Å²) in [4.78, 5) is 12.1. The molecule has 0 unspecified atom stereocenters. The van der Waals surface area contributed by atoms with Gasteiger partial charge in [0.2, 0.25) is 5.91 Å². The largest absolute Gasteiger partial charge is 0.497 e. The molecule has 0 saturated heterocycles. The van der Waals surface area contributed by atoms with Gasteiger partial charge in [0.25, 0.3) is 0 Å². The summed E-state index contributed by atoms with van der Waals surface area (Å²) < 4.78 is 16.4. The number of para-hydroxylation sites is 2. The number of hydrogen-bond acceptors (Lipinski definition) is 4. The van der Waals surface area contributed by atoms with Gasteiger partial charge in [-0.05, 0) is 49.2 Å². The fourth-order valence-electron chi connectivity index (χ4n) is 2.22. The fourth-order valence-corrected chi connectivity index (χ4v) is 2.22. The van der Waals surface area contributed by atoms with Crippen LogP contribution < -0.4 is 19.5 Å². The SMILES string of the molecule is CCCOc1ccccc1NC(=O)CCCOc1ccc(OC)cc1. The normalized spacial score (nSPS) is 10.2. The molecule has 0 bridgehead atoms. The summed E-state index contributed by atoms with van der Waals surface area (Å²) in [7, 11) is 1.62. The van der Waals surface area contributed by atoms with Crippen LogP contribution in [0.2, 0.25) is 0 Å². The van der Waals surface area contributed by atoms with E-state index in [1.165, 1.54) is 0 Å². The Morgan fingerprint density at radius 2 is 1.68 bits per heavy atom. The fraction of sp³-hybridized carbons (Fsp3) is 0.350. The molecule has 5 heteroatoms. The van der Waals surface area contributed by atoms with Gasteiger partial charge in [-0.3, -0.25) is 4.79 Å². The lowest BCUT2D eigenvalue weighted by atomic mass is 10.2. The Labute approximate surface area is 148 Å². The van der Waals surface area contributed by atoms with Gasteiger partial charge in [-0.15, -0.1) is 0 Å². The number of ether oxygens (including phenoxy) is 3. The van der Waals surface area contributed by atoms with Gasteiger partial charge < -0.3 is 19.5 Å². The molecule has 0 atom stereocenters. The van der Waals surface area contributed by atoms with E-state index in [-0.39, 0.29) is 5.91 Å². The average molecular weight is 343 g/mol. The zero-order chi connectivity index (χ0) is 17.9. The maximum Gasteiger partial charge on any atom is 0.224 e. The minimum Gasteiger partial charge on any atom is -0.497 e. The molecule has 134 valence electrons. The van der Waals surface area contributed by atoms with Gasteiger partial charge in [0.05, 0.1) is 26.0 Å². The first-order valence-electron chi connectivity index (χ1n) is 8.51. The van der Waals surface area contributed by atoms with Crippen molar-refractivity contribution in [1.29, 1.82) is 0 Å². The monoisotopic (exact) mass is 343 g/mol. The van der Waals surface area contributed by atoms with Crippen molar-refractivity contribution in [2.75, 3.05) is 25.6 Å². The van der Waals surface area contributed by atoms with Gasteiger partial charge in [-0.1, -0.05) is 19.1 Å². The summed E-state index contributed by atoms with van der Waals surface area (Å²) in [5.74, 6) is 2.20. The smallest absolute Gasteiger partial charge is 0.224 e. The zero-order valence-electron chi connectivity index (χ0n) is 14.8. The Kier molecular flexibility index (Phi) is 7.63. The molecule has 0 aliphatic heterocycles. The number of amides is 1. The predicted molar refractivity (Wildman–Crippen MR) is 98.6 cm³/mol. The molecular weight excluding hydrogens is 318 g/mol. The molecule has 0 radical (unpaired) electrons. The third-order valence-corrected chi connectivity index (χ3v) is 3.50. The Morgan fingerprint density at radius 3 is 2.40 bits per heavy atom. The van der Waals surface area contributed by atoms with Crippen LogP contribution in [-0.4, -0.2) is 26.2 Å². The maximum absolute atomic E-state index is 12.1. The highest BCUT2D eigenvalue weighted by atomic mass is 16.5.